The monoisotopic (exact) mass is 351 g/mol. The number of amides is 2. The summed E-state index contributed by atoms with van der Waals surface area (Å²) in [6.07, 6.45) is 7.27. The van der Waals surface area contributed by atoms with E-state index in [2.05, 4.69) is 5.32 Å². The number of aliphatic carboxylic acids is 1. The SMILES string of the molecule is CC1(C)S[C@@H]2[C@H](NC(=O)[C@H](N)C3=CCC=CC3)C(=O)N2C1C(=O)O. The van der Waals surface area contributed by atoms with Crippen molar-refractivity contribution < 1.29 is 19.5 Å². The number of nitrogens with two attached hydrogens (primary N) is 1. The van der Waals surface area contributed by atoms with Gasteiger partial charge in [-0.1, -0.05) is 18.2 Å². The minimum atomic E-state index is -1.02. The third kappa shape index (κ3) is 2.63. The number of nitrogens with one attached hydrogen (secondary N) is 1. The average molecular weight is 351 g/mol. The van der Waals surface area contributed by atoms with Gasteiger partial charge in [0, 0.05) is 4.75 Å². The first-order valence-electron chi connectivity index (χ1n) is 7.86. The summed E-state index contributed by atoms with van der Waals surface area (Å²) in [5.41, 5.74) is 6.83. The normalized spacial score (nSPS) is 31.8. The Labute approximate surface area is 144 Å². The minimum Gasteiger partial charge on any atom is -0.480 e. The number of nitrogens with zero attached hydrogens (tertiary/aromatic N) is 1. The van der Waals surface area contributed by atoms with Crippen LogP contribution in [0, 0.1) is 0 Å². The smallest absolute Gasteiger partial charge is 0.327 e. The second-order valence-corrected chi connectivity index (χ2v) is 8.52. The zero-order valence-electron chi connectivity index (χ0n) is 13.6. The van der Waals surface area contributed by atoms with Crippen LogP contribution in [0.5, 0.6) is 0 Å². The number of fused-ring (bicyclic) bond motifs is 1. The van der Waals surface area contributed by atoms with Crippen molar-refractivity contribution in [3.05, 3.63) is 23.8 Å². The topological polar surface area (TPSA) is 113 Å². The number of carbonyl (C=O) groups excluding carboxylic acids is 2. The van der Waals surface area contributed by atoms with Crippen molar-refractivity contribution in [3.8, 4) is 0 Å². The van der Waals surface area contributed by atoms with Crippen molar-refractivity contribution in [2.45, 2.75) is 54.9 Å². The molecule has 0 spiro atoms. The van der Waals surface area contributed by atoms with E-state index in [0.717, 1.165) is 12.0 Å². The number of β-lactam (4-membered cyclic amide) rings is 1. The van der Waals surface area contributed by atoms with Crippen LogP contribution in [0.3, 0.4) is 0 Å². The van der Waals surface area contributed by atoms with E-state index in [1.165, 1.54) is 16.7 Å². The molecule has 4 N–H and O–H groups in total. The largest absolute Gasteiger partial charge is 0.480 e. The van der Waals surface area contributed by atoms with Gasteiger partial charge in [-0.05, 0) is 32.3 Å². The fourth-order valence-corrected chi connectivity index (χ4v) is 5.05. The van der Waals surface area contributed by atoms with Crippen LogP contribution in [-0.4, -0.2) is 56.0 Å². The molecule has 2 fully saturated rings. The Hall–Kier alpha value is -1.80. The number of rotatable bonds is 4. The molecule has 1 aliphatic carbocycles. The summed E-state index contributed by atoms with van der Waals surface area (Å²) in [5.74, 6) is -1.78. The van der Waals surface area contributed by atoms with E-state index in [4.69, 9.17) is 5.73 Å². The first-order valence-corrected chi connectivity index (χ1v) is 8.74. The van der Waals surface area contributed by atoms with E-state index in [1.54, 1.807) is 13.8 Å². The van der Waals surface area contributed by atoms with Crippen LogP contribution in [0.25, 0.3) is 0 Å². The second kappa shape index (κ2) is 5.93. The Morgan fingerprint density at radius 2 is 2.17 bits per heavy atom. The second-order valence-electron chi connectivity index (χ2n) is 6.75. The van der Waals surface area contributed by atoms with Gasteiger partial charge in [0.25, 0.3) is 0 Å². The van der Waals surface area contributed by atoms with E-state index in [0.29, 0.717) is 6.42 Å². The van der Waals surface area contributed by atoms with Gasteiger partial charge in [0.1, 0.15) is 23.5 Å². The van der Waals surface area contributed by atoms with Gasteiger partial charge in [0.05, 0.1) is 0 Å². The van der Waals surface area contributed by atoms with Gasteiger partial charge >= 0.3 is 5.97 Å². The molecule has 24 heavy (non-hydrogen) atoms. The molecule has 2 aliphatic heterocycles. The maximum absolute atomic E-state index is 12.4. The number of allylic oxidation sites excluding steroid dienone is 3. The van der Waals surface area contributed by atoms with Crippen LogP contribution in [0.15, 0.2) is 23.8 Å². The van der Waals surface area contributed by atoms with E-state index in [-0.39, 0.29) is 11.3 Å². The third-order valence-electron chi connectivity index (χ3n) is 4.69. The zero-order valence-corrected chi connectivity index (χ0v) is 14.4. The van der Waals surface area contributed by atoms with Crippen molar-refractivity contribution in [3.63, 3.8) is 0 Å². The van der Waals surface area contributed by atoms with Crippen LogP contribution in [-0.2, 0) is 14.4 Å². The molecule has 8 heteroatoms. The van der Waals surface area contributed by atoms with Crippen LogP contribution < -0.4 is 11.1 Å². The van der Waals surface area contributed by atoms with E-state index >= 15 is 0 Å². The lowest BCUT2D eigenvalue weighted by molar-refractivity contribution is -0.161. The Morgan fingerprint density at radius 1 is 1.46 bits per heavy atom. The highest BCUT2D eigenvalue weighted by Crippen LogP contribution is 2.50. The Bertz CT molecular complexity index is 658. The van der Waals surface area contributed by atoms with Gasteiger partial charge in [-0.25, -0.2) is 4.79 Å². The summed E-state index contributed by atoms with van der Waals surface area (Å²) >= 11 is 1.40. The molecule has 1 unspecified atom stereocenters. The van der Waals surface area contributed by atoms with Crippen molar-refractivity contribution in [2.75, 3.05) is 0 Å². The van der Waals surface area contributed by atoms with Crippen LogP contribution in [0.4, 0.5) is 0 Å². The van der Waals surface area contributed by atoms with Gasteiger partial charge in [-0.2, -0.15) is 0 Å². The summed E-state index contributed by atoms with van der Waals surface area (Å²) in [4.78, 5) is 37.5. The summed E-state index contributed by atoms with van der Waals surface area (Å²) < 4.78 is -0.607. The van der Waals surface area contributed by atoms with Gasteiger partial charge in [-0.3, -0.25) is 9.59 Å². The Morgan fingerprint density at radius 3 is 2.75 bits per heavy atom. The van der Waals surface area contributed by atoms with Crippen LogP contribution in [0.1, 0.15) is 26.7 Å². The van der Waals surface area contributed by atoms with Gasteiger partial charge in [0.2, 0.25) is 11.8 Å². The van der Waals surface area contributed by atoms with Crippen LogP contribution >= 0.6 is 11.8 Å². The maximum Gasteiger partial charge on any atom is 0.327 e. The highest BCUT2D eigenvalue weighted by molar-refractivity contribution is 8.01. The Balaban J connectivity index is 1.68. The minimum absolute atomic E-state index is 0.356. The number of hydrogen-bond donors (Lipinski definition) is 3. The molecule has 0 radical (unpaired) electrons. The molecule has 130 valence electrons. The van der Waals surface area contributed by atoms with E-state index < -0.39 is 34.7 Å². The number of carboxylic acids is 1. The fraction of sp³-hybridized carbons (Fsp3) is 0.562. The standard InChI is InChI=1S/C16H21N3O4S/c1-16(2)11(15(22)23)19-13(21)10(14(19)24-16)18-12(20)9(17)8-6-4-3-5-7-8/h3-4,7,9-11,14H,5-6,17H2,1-2H3,(H,18,20)(H,22,23)/t9-,10-,11?,14-/m1/s1. The van der Waals surface area contributed by atoms with Gasteiger partial charge < -0.3 is 21.1 Å². The molecular formula is C16H21N3O4S. The first kappa shape index (κ1) is 17.0. The number of carboxylic acid groups (broad SMARTS) is 1. The van der Waals surface area contributed by atoms with Gasteiger partial charge in [-0.15, -0.1) is 11.8 Å². The molecule has 2 heterocycles. The molecular weight excluding hydrogens is 330 g/mol. The highest BCUT2D eigenvalue weighted by atomic mass is 32.2. The van der Waals surface area contributed by atoms with E-state index in [9.17, 15) is 19.5 Å². The molecule has 7 nitrogen and oxygen atoms in total. The fourth-order valence-electron chi connectivity index (χ4n) is 3.43. The lowest BCUT2D eigenvalue weighted by Crippen LogP contribution is -2.71. The molecule has 0 aromatic rings. The number of carbonyl (C=O) groups is 3. The number of hydrogen-bond acceptors (Lipinski definition) is 5. The molecule has 4 atom stereocenters. The van der Waals surface area contributed by atoms with Crippen molar-refractivity contribution >= 4 is 29.5 Å². The third-order valence-corrected chi connectivity index (χ3v) is 6.26. The van der Waals surface area contributed by atoms with Crippen LogP contribution in [0.2, 0.25) is 0 Å². The first-order chi connectivity index (χ1) is 11.2. The van der Waals surface area contributed by atoms with Crippen molar-refractivity contribution in [1.82, 2.24) is 10.2 Å². The lowest BCUT2D eigenvalue weighted by Gasteiger charge is -2.43. The van der Waals surface area contributed by atoms with Crippen molar-refractivity contribution in [1.29, 1.82) is 0 Å². The molecule has 0 bridgehead atoms. The summed E-state index contributed by atoms with van der Waals surface area (Å²) in [5, 5.41) is 11.7. The van der Waals surface area contributed by atoms with Crippen molar-refractivity contribution in [2.24, 2.45) is 5.73 Å². The Kier molecular flexibility index (Phi) is 4.21. The molecule has 2 amide bonds. The number of thioether (sulfide) groups is 1. The molecule has 0 saturated carbocycles. The quantitative estimate of drug-likeness (QED) is 0.493. The summed E-state index contributed by atoms with van der Waals surface area (Å²) in [7, 11) is 0. The molecule has 0 aromatic carbocycles. The predicted molar refractivity (Wildman–Crippen MR) is 90.1 cm³/mol. The highest BCUT2D eigenvalue weighted by Gasteiger charge is 2.64. The molecule has 2 saturated heterocycles. The average Bonchev–Trinajstić information content (AvgIpc) is 2.80. The lowest BCUT2D eigenvalue weighted by atomic mass is 9.95. The maximum atomic E-state index is 12.4. The van der Waals surface area contributed by atoms with E-state index in [1.807, 2.05) is 18.2 Å². The van der Waals surface area contributed by atoms with Gasteiger partial charge in [0.15, 0.2) is 0 Å². The summed E-state index contributed by atoms with van der Waals surface area (Å²) in [6.45, 7) is 3.59. The zero-order chi connectivity index (χ0) is 17.6. The summed E-state index contributed by atoms with van der Waals surface area (Å²) in [6, 6.07) is -2.38. The molecule has 0 aromatic heterocycles. The molecule has 3 rings (SSSR count). The molecule has 3 aliphatic rings. The predicted octanol–water partition coefficient (Wildman–Crippen LogP) is 0.222.